The van der Waals surface area contributed by atoms with E-state index in [9.17, 15) is 19.5 Å². The molecule has 43 heavy (non-hydrogen) atoms. The van der Waals surface area contributed by atoms with E-state index in [1.165, 1.54) is 0 Å². The molecule has 0 aromatic heterocycles. The maximum absolute atomic E-state index is 14.2. The van der Waals surface area contributed by atoms with Gasteiger partial charge >= 0.3 is 6.03 Å². The molecule has 0 aliphatic carbocycles. The Hall–Kier alpha value is -3.63. The van der Waals surface area contributed by atoms with Gasteiger partial charge in [-0.15, -0.1) is 0 Å². The third-order valence-corrected chi connectivity index (χ3v) is 7.55. The number of amides is 4. The highest BCUT2D eigenvalue weighted by atomic mass is 16.5. The molecular formula is C33H48N4O6. The molecular weight excluding hydrogens is 548 g/mol. The van der Waals surface area contributed by atoms with E-state index in [2.05, 4.69) is 10.6 Å². The average Bonchev–Trinajstić information content (AvgIpc) is 2.98. The molecule has 0 spiro atoms. The number of carbonyl (C=O) groups excluding carboxylic acids is 3. The molecule has 0 fully saturated rings. The molecule has 0 radical (unpaired) electrons. The van der Waals surface area contributed by atoms with Gasteiger partial charge in [0.2, 0.25) is 0 Å². The van der Waals surface area contributed by atoms with Gasteiger partial charge in [0.15, 0.2) is 0 Å². The van der Waals surface area contributed by atoms with E-state index in [0.717, 1.165) is 19.3 Å². The first-order valence-electron chi connectivity index (χ1n) is 15.2. The minimum absolute atomic E-state index is 0.0531. The smallest absolute Gasteiger partial charge is 0.319 e. The topological polar surface area (TPSA) is 120 Å². The highest BCUT2D eigenvalue weighted by Gasteiger charge is 2.31. The number of likely N-dealkylation sites (N-methyl/N-ethyl adjacent to an activating group) is 1. The predicted octanol–water partition coefficient (Wildman–Crippen LogP) is 4.78. The largest absolute Gasteiger partial charge is 0.490 e. The quantitative estimate of drug-likeness (QED) is 0.423. The Balaban J connectivity index is 1.93. The van der Waals surface area contributed by atoms with Crippen LogP contribution < -0.4 is 15.4 Å². The Morgan fingerprint density at radius 3 is 2.49 bits per heavy atom. The number of anilines is 1. The molecule has 0 bridgehead atoms. The van der Waals surface area contributed by atoms with Gasteiger partial charge in [-0.2, -0.15) is 0 Å². The molecule has 4 atom stereocenters. The number of nitrogens with zero attached hydrogens (tertiary/aromatic N) is 2. The number of fused-ring (bicyclic) bond motifs is 1. The summed E-state index contributed by atoms with van der Waals surface area (Å²) in [5.41, 5.74) is 1.35. The maximum atomic E-state index is 14.2. The van der Waals surface area contributed by atoms with Crippen LogP contribution in [0.1, 0.15) is 74.6 Å². The minimum Gasteiger partial charge on any atom is -0.490 e. The number of aliphatic hydroxyl groups is 1. The number of hydrogen-bond donors (Lipinski definition) is 3. The molecule has 10 heteroatoms. The second-order valence-corrected chi connectivity index (χ2v) is 11.8. The zero-order valence-electron chi connectivity index (χ0n) is 26.3. The van der Waals surface area contributed by atoms with Crippen molar-refractivity contribution in [3.8, 4) is 5.75 Å². The fraction of sp³-hybridized carbons (Fsp3) is 0.545. The Kier molecular flexibility index (Phi) is 12.8. The molecule has 3 N–H and O–H groups in total. The van der Waals surface area contributed by atoms with Crippen molar-refractivity contribution in [2.75, 3.05) is 38.7 Å². The van der Waals surface area contributed by atoms with Crippen molar-refractivity contribution >= 4 is 23.5 Å². The van der Waals surface area contributed by atoms with Crippen LogP contribution in [-0.4, -0.2) is 90.4 Å². The van der Waals surface area contributed by atoms with Gasteiger partial charge in [-0.05, 0) is 77.3 Å². The molecule has 10 nitrogen and oxygen atoms in total. The summed E-state index contributed by atoms with van der Waals surface area (Å²) in [6.07, 6.45) is 1.95. The first-order chi connectivity index (χ1) is 20.5. The summed E-state index contributed by atoms with van der Waals surface area (Å²) >= 11 is 0. The van der Waals surface area contributed by atoms with Crippen LogP contribution in [-0.2, 0) is 4.74 Å². The monoisotopic (exact) mass is 596 g/mol. The first-order valence-corrected chi connectivity index (χ1v) is 15.2. The summed E-state index contributed by atoms with van der Waals surface area (Å²) in [6, 6.07) is 13.2. The Morgan fingerprint density at radius 2 is 1.81 bits per heavy atom. The highest BCUT2D eigenvalue weighted by molar-refractivity contribution is 5.99. The van der Waals surface area contributed by atoms with Crippen LogP contribution in [0.15, 0.2) is 48.5 Å². The van der Waals surface area contributed by atoms with E-state index in [-0.39, 0.29) is 55.2 Å². The summed E-state index contributed by atoms with van der Waals surface area (Å²) in [5.74, 6) is -0.177. The van der Waals surface area contributed by atoms with Gasteiger partial charge in [-0.3, -0.25) is 9.59 Å². The number of hydrogen-bond acceptors (Lipinski definition) is 6. The lowest BCUT2D eigenvalue weighted by atomic mass is 10.0. The lowest BCUT2D eigenvalue weighted by molar-refractivity contribution is -0.0149. The summed E-state index contributed by atoms with van der Waals surface area (Å²) in [6.45, 7) is 10.4. The van der Waals surface area contributed by atoms with Crippen molar-refractivity contribution in [3.63, 3.8) is 0 Å². The van der Waals surface area contributed by atoms with E-state index in [1.54, 1.807) is 54.1 Å². The number of nitrogens with one attached hydrogen (secondary N) is 2. The Bertz CT molecular complexity index is 1210. The van der Waals surface area contributed by atoms with Gasteiger partial charge in [0.05, 0.1) is 30.4 Å². The zero-order valence-corrected chi connectivity index (χ0v) is 26.3. The zero-order chi connectivity index (χ0) is 31.5. The highest BCUT2D eigenvalue weighted by Crippen LogP contribution is 2.28. The molecule has 2 aromatic carbocycles. The van der Waals surface area contributed by atoms with Gasteiger partial charge in [-0.1, -0.05) is 25.1 Å². The minimum atomic E-state index is -0.502. The van der Waals surface area contributed by atoms with Gasteiger partial charge in [-0.25, -0.2) is 4.79 Å². The van der Waals surface area contributed by atoms with Crippen LogP contribution in [0.2, 0.25) is 0 Å². The number of benzene rings is 2. The third-order valence-electron chi connectivity index (χ3n) is 7.55. The van der Waals surface area contributed by atoms with E-state index >= 15 is 0 Å². The average molecular weight is 597 g/mol. The molecule has 3 rings (SSSR count). The van der Waals surface area contributed by atoms with E-state index in [1.807, 2.05) is 45.9 Å². The molecule has 4 amide bonds. The summed E-state index contributed by atoms with van der Waals surface area (Å²) < 4.78 is 12.6. The Morgan fingerprint density at radius 1 is 1.09 bits per heavy atom. The molecule has 236 valence electrons. The summed E-state index contributed by atoms with van der Waals surface area (Å²) in [5, 5.41) is 15.7. The van der Waals surface area contributed by atoms with Crippen LogP contribution in [0.25, 0.3) is 0 Å². The van der Waals surface area contributed by atoms with Crippen LogP contribution in [0.5, 0.6) is 5.75 Å². The van der Waals surface area contributed by atoms with E-state index in [4.69, 9.17) is 9.47 Å². The number of ether oxygens (including phenoxy) is 2. The summed E-state index contributed by atoms with van der Waals surface area (Å²) in [4.78, 5) is 43.0. The molecule has 1 aliphatic rings. The van der Waals surface area contributed by atoms with Crippen LogP contribution in [0.4, 0.5) is 10.5 Å². The van der Waals surface area contributed by atoms with Gasteiger partial charge in [0.1, 0.15) is 5.75 Å². The molecule has 0 saturated carbocycles. The second-order valence-electron chi connectivity index (χ2n) is 11.8. The third kappa shape index (κ3) is 9.96. The number of carbonyl (C=O) groups is 3. The summed E-state index contributed by atoms with van der Waals surface area (Å²) in [7, 11) is 1.76. The van der Waals surface area contributed by atoms with Gasteiger partial charge < -0.3 is 35.0 Å². The van der Waals surface area contributed by atoms with E-state index < -0.39 is 6.04 Å². The van der Waals surface area contributed by atoms with Crippen LogP contribution in [0, 0.1) is 5.92 Å². The molecule has 0 unspecified atom stereocenters. The molecule has 0 saturated heterocycles. The second kappa shape index (κ2) is 16.3. The Labute approximate surface area is 255 Å². The van der Waals surface area contributed by atoms with Crippen LogP contribution in [0.3, 0.4) is 0 Å². The van der Waals surface area contributed by atoms with E-state index in [0.29, 0.717) is 35.7 Å². The fourth-order valence-corrected chi connectivity index (χ4v) is 5.05. The number of rotatable bonds is 7. The standard InChI is InChI=1S/C33H48N4O6/c1-22(2)34-33(41)35-27-15-16-29-28(18-27)32(40)37(24(4)21-38)19-23(3)30(42-17-11-10-12-25(5)43-29)20-36(6)31(39)26-13-8-7-9-14-26/h7-9,13-16,18,22-25,30,38H,10-12,17,19-21H2,1-6H3,(H2,34,35,41)/t23-,24+,25+,30+/m1/s1. The lowest BCUT2D eigenvalue weighted by Gasteiger charge is -2.36. The van der Waals surface area contributed by atoms with Gasteiger partial charge in [0, 0.05) is 50.0 Å². The fourth-order valence-electron chi connectivity index (χ4n) is 5.05. The maximum Gasteiger partial charge on any atom is 0.319 e. The van der Waals surface area contributed by atoms with Gasteiger partial charge in [0.25, 0.3) is 11.8 Å². The van der Waals surface area contributed by atoms with Crippen molar-refractivity contribution in [3.05, 3.63) is 59.7 Å². The number of urea groups is 1. The van der Waals surface area contributed by atoms with Crippen LogP contribution >= 0.6 is 0 Å². The lowest BCUT2D eigenvalue weighted by Crippen LogP contribution is -2.48. The van der Waals surface area contributed by atoms with Crippen molar-refractivity contribution in [2.24, 2.45) is 5.92 Å². The first kappa shape index (κ1) is 33.9. The van der Waals surface area contributed by atoms with Crippen molar-refractivity contribution < 1.29 is 29.0 Å². The predicted molar refractivity (Wildman–Crippen MR) is 168 cm³/mol. The molecule has 2 aromatic rings. The van der Waals surface area contributed by atoms with Crippen molar-refractivity contribution in [2.45, 2.75) is 78.2 Å². The van der Waals surface area contributed by atoms with Crippen molar-refractivity contribution in [1.29, 1.82) is 0 Å². The molecule has 1 heterocycles. The normalized spacial score (nSPS) is 20.8. The number of aliphatic hydroxyl groups excluding tert-OH is 1. The molecule has 1 aliphatic heterocycles. The van der Waals surface area contributed by atoms with Crippen molar-refractivity contribution in [1.82, 2.24) is 15.1 Å². The SMILES string of the molecule is CC(C)NC(=O)Nc1ccc2c(c1)C(=O)N([C@@H](C)CO)C[C@@H](C)[C@H](CN(C)C(=O)c1ccccc1)OCCCC[C@H](C)O2.